The number of rotatable bonds is 5. The summed E-state index contributed by atoms with van der Waals surface area (Å²) in [6.45, 7) is 4.48. The minimum absolute atomic E-state index is 0.298. The molecule has 3 aromatic rings. The van der Waals surface area contributed by atoms with Crippen LogP contribution in [0.4, 0.5) is 10.1 Å². The molecule has 7 heteroatoms. The Hall–Kier alpha value is -2.93. The minimum Gasteiger partial charge on any atom is -0.369 e. The maximum absolute atomic E-state index is 13.1. The van der Waals surface area contributed by atoms with Crippen LogP contribution in [-0.4, -0.2) is 40.8 Å². The fraction of sp³-hybridized carbons (Fsp3) is 0.300. The average Bonchev–Trinajstić information content (AvgIpc) is 3.04. The predicted molar refractivity (Wildman–Crippen MR) is 100 cm³/mol. The normalized spacial score (nSPS) is 15.2. The van der Waals surface area contributed by atoms with Crippen LogP contribution in [0.15, 0.2) is 63.9 Å². The molecule has 1 aliphatic heterocycles. The van der Waals surface area contributed by atoms with Gasteiger partial charge in [-0.05, 0) is 29.8 Å². The topological polar surface area (TPSA) is 54.5 Å². The number of aromatic nitrogens is 2. The second kappa shape index (κ2) is 7.75. The van der Waals surface area contributed by atoms with Gasteiger partial charge in [-0.1, -0.05) is 35.5 Å². The van der Waals surface area contributed by atoms with Gasteiger partial charge in [-0.25, -0.2) is 9.18 Å². The molecule has 2 heterocycles. The minimum atomic E-state index is -0.489. The number of benzene rings is 2. The Bertz CT molecular complexity index is 929. The first-order chi connectivity index (χ1) is 13.2. The van der Waals surface area contributed by atoms with Crippen LogP contribution in [0, 0.1) is 5.82 Å². The molecule has 0 N–H and O–H groups in total. The SMILES string of the molecule is O=c1onc(CN2CCN(c3ccccc3)CC2)n1Cc1ccc(F)cc1. The lowest BCUT2D eigenvalue weighted by Gasteiger charge is -2.35. The average molecular weight is 368 g/mol. The largest absolute Gasteiger partial charge is 0.441 e. The maximum atomic E-state index is 13.1. The summed E-state index contributed by atoms with van der Waals surface area (Å²) in [5.41, 5.74) is 2.06. The number of para-hydroxylation sites is 1. The van der Waals surface area contributed by atoms with Crippen molar-refractivity contribution in [3.8, 4) is 0 Å². The standard InChI is InChI=1S/C20H21FN4O2/c21-17-8-6-16(7-9-17)14-25-19(22-27-20(25)26)15-23-10-12-24(13-11-23)18-4-2-1-3-5-18/h1-9H,10-15H2. The molecule has 4 rings (SSSR count). The highest BCUT2D eigenvalue weighted by atomic mass is 19.1. The third-order valence-electron chi connectivity index (χ3n) is 4.87. The van der Waals surface area contributed by atoms with E-state index in [1.807, 2.05) is 18.2 Å². The van der Waals surface area contributed by atoms with E-state index in [-0.39, 0.29) is 5.82 Å². The molecule has 2 aromatic carbocycles. The van der Waals surface area contributed by atoms with E-state index in [0.717, 1.165) is 31.7 Å². The first-order valence-electron chi connectivity index (χ1n) is 9.01. The van der Waals surface area contributed by atoms with E-state index in [9.17, 15) is 9.18 Å². The lowest BCUT2D eigenvalue weighted by molar-refractivity contribution is 0.237. The van der Waals surface area contributed by atoms with E-state index in [1.54, 1.807) is 12.1 Å². The van der Waals surface area contributed by atoms with Gasteiger partial charge in [0, 0.05) is 31.9 Å². The van der Waals surface area contributed by atoms with Crippen LogP contribution in [-0.2, 0) is 13.1 Å². The molecule has 1 aromatic heterocycles. The Morgan fingerprint density at radius 2 is 1.63 bits per heavy atom. The van der Waals surface area contributed by atoms with E-state index in [1.165, 1.54) is 22.4 Å². The number of halogens is 1. The van der Waals surface area contributed by atoms with Crippen molar-refractivity contribution in [1.29, 1.82) is 0 Å². The van der Waals surface area contributed by atoms with Crippen LogP contribution >= 0.6 is 0 Å². The van der Waals surface area contributed by atoms with Gasteiger partial charge in [0.1, 0.15) is 5.82 Å². The van der Waals surface area contributed by atoms with Crippen LogP contribution < -0.4 is 10.7 Å². The molecule has 27 heavy (non-hydrogen) atoms. The zero-order valence-electron chi connectivity index (χ0n) is 14.9. The molecule has 0 bridgehead atoms. The Morgan fingerprint density at radius 3 is 2.33 bits per heavy atom. The molecule has 0 aliphatic carbocycles. The summed E-state index contributed by atoms with van der Waals surface area (Å²) in [5.74, 6) is -0.192. The van der Waals surface area contributed by atoms with Crippen molar-refractivity contribution in [2.24, 2.45) is 0 Å². The summed E-state index contributed by atoms with van der Waals surface area (Å²) in [5, 5.41) is 3.95. The number of piperazine rings is 1. The van der Waals surface area contributed by atoms with Crippen LogP contribution in [0.1, 0.15) is 11.4 Å². The third kappa shape index (κ3) is 4.09. The Kier molecular flexibility index (Phi) is 5.02. The molecule has 0 amide bonds. The van der Waals surface area contributed by atoms with E-state index in [2.05, 4.69) is 27.1 Å². The molecule has 140 valence electrons. The van der Waals surface area contributed by atoms with Crippen molar-refractivity contribution in [1.82, 2.24) is 14.6 Å². The fourth-order valence-corrected chi connectivity index (χ4v) is 3.34. The lowest BCUT2D eigenvalue weighted by Crippen LogP contribution is -2.46. The molecule has 0 unspecified atom stereocenters. The van der Waals surface area contributed by atoms with Crippen LogP contribution in [0.3, 0.4) is 0 Å². The van der Waals surface area contributed by atoms with E-state index in [0.29, 0.717) is 18.9 Å². The van der Waals surface area contributed by atoms with Gasteiger partial charge in [-0.15, -0.1) is 0 Å². The quantitative estimate of drug-likeness (QED) is 0.692. The zero-order valence-corrected chi connectivity index (χ0v) is 14.9. The Morgan fingerprint density at radius 1 is 0.926 bits per heavy atom. The van der Waals surface area contributed by atoms with Gasteiger partial charge in [0.05, 0.1) is 13.1 Å². The monoisotopic (exact) mass is 368 g/mol. The predicted octanol–water partition coefficient (Wildman–Crippen LogP) is 2.35. The molecule has 0 atom stereocenters. The van der Waals surface area contributed by atoms with Gasteiger partial charge in [-0.2, -0.15) is 0 Å². The highest BCUT2D eigenvalue weighted by Crippen LogP contribution is 2.16. The molecular weight excluding hydrogens is 347 g/mol. The number of nitrogens with zero attached hydrogens (tertiary/aromatic N) is 4. The molecule has 0 saturated carbocycles. The van der Waals surface area contributed by atoms with Gasteiger partial charge in [-0.3, -0.25) is 14.0 Å². The maximum Gasteiger partial charge on any atom is 0.441 e. The number of hydrogen-bond donors (Lipinski definition) is 0. The molecule has 1 fully saturated rings. The molecular formula is C20H21FN4O2. The van der Waals surface area contributed by atoms with Crippen molar-refractivity contribution >= 4 is 5.69 Å². The van der Waals surface area contributed by atoms with Crippen LogP contribution in [0.2, 0.25) is 0 Å². The van der Waals surface area contributed by atoms with Gasteiger partial charge in [0.25, 0.3) is 0 Å². The number of hydrogen-bond acceptors (Lipinski definition) is 5. The third-order valence-corrected chi connectivity index (χ3v) is 4.87. The first-order valence-corrected chi connectivity index (χ1v) is 9.01. The van der Waals surface area contributed by atoms with Gasteiger partial charge in [0.2, 0.25) is 0 Å². The Labute approximate surface area is 156 Å². The summed E-state index contributed by atoms with van der Waals surface area (Å²) < 4.78 is 19.5. The van der Waals surface area contributed by atoms with E-state index in [4.69, 9.17) is 4.52 Å². The fourth-order valence-electron chi connectivity index (χ4n) is 3.34. The van der Waals surface area contributed by atoms with Gasteiger partial charge in [0.15, 0.2) is 5.82 Å². The summed E-state index contributed by atoms with van der Waals surface area (Å²) in [6.07, 6.45) is 0. The first kappa shape index (κ1) is 17.5. The van der Waals surface area contributed by atoms with Crippen LogP contribution in [0.5, 0.6) is 0 Å². The smallest absolute Gasteiger partial charge is 0.369 e. The van der Waals surface area contributed by atoms with Gasteiger partial charge < -0.3 is 4.90 Å². The van der Waals surface area contributed by atoms with E-state index >= 15 is 0 Å². The van der Waals surface area contributed by atoms with Crippen molar-refractivity contribution < 1.29 is 8.91 Å². The van der Waals surface area contributed by atoms with Crippen molar-refractivity contribution in [2.75, 3.05) is 31.1 Å². The zero-order chi connectivity index (χ0) is 18.6. The molecule has 0 radical (unpaired) electrons. The number of anilines is 1. The van der Waals surface area contributed by atoms with Crippen molar-refractivity contribution in [2.45, 2.75) is 13.1 Å². The van der Waals surface area contributed by atoms with E-state index < -0.39 is 5.76 Å². The molecule has 6 nitrogen and oxygen atoms in total. The van der Waals surface area contributed by atoms with Crippen molar-refractivity contribution in [3.63, 3.8) is 0 Å². The Balaban J connectivity index is 1.40. The molecule has 1 aliphatic rings. The van der Waals surface area contributed by atoms with Gasteiger partial charge >= 0.3 is 5.76 Å². The second-order valence-electron chi connectivity index (χ2n) is 6.68. The lowest BCUT2D eigenvalue weighted by atomic mass is 10.2. The highest BCUT2D eigenvalue weighted by molar-refractivity contribution is 5.46. The summed E-state index contributed by atoms with van der Waals surface area (Å²) >= 11 is 0. The summed E-state index contributed by atoms with van der Waals surface area (Å²) in [4.78, 5) is 16.6. The highest BCUT2D eigenvalue weighted by Gasteiger charge is 2.20. The summed E-state index contributed by atoms with van der Waals surface area (Å²) in [7, 11) is 0. The summed E-state index contributed by atoms with van der Waals surface area (Å²) in [6, 6.07) is 16.4. The van der Waals surface area contributed by atoms with Crippen LogP contribution in [0.25, 0.3) is 0 Å². The molecule has 0 spiro atoms. The second-order valence-corrected chi connectivity index (χ2v) is 6.68. The molecule has 1 saturated heterocycles. The van der Waals surface area contributed by atoms with Crippen molar-refractivity contribution in [3.05, 3.63) is 82.4 Å².